The maximum atomic E-state index is 11.5. The van der Waals surface area contributed by atoms with Crippen LogP contribution in [-0.4, -0.2) is 19.0 Å². The zero-order valence-electron chi connectivity index (χ0n) is 9.22. The average molecular weight is 283 g/mol. The number of halogens is 1. The first kappa shape index (κ1) is 12.9. The fourth-order valence-electron chi connectivity index (χ4n) is 1.20. The quantitative estimate of drug-likeness (QED) is 0.644. The number of nitrogens with one attached hydrogen (secondary N) is 2. The minimum atomic E-state index is -0.0635. The highest BCUT2D eigenvalue weighted by molar-refractivity contribution is 9.10. The van der Waals surface area contributed by atoms with Gasteiger partial charge in [-0.15, -0.1) is 6.58 Å². The molecular formula is C12H15BrN2O. The van der Waals surface area contributed by atoms with Crippen LogP contribution in [0.3, 0.4) is 0 Å². The second kappa shape index (κ2) is 6.45. The Bertz CT molecular complexity index is 391. The van der Waals surface area contributed by atoms with Crippen molar-refractivity contribution in [2.45, 2.75) is 6.92 Å². The summed E-state index contributed by atoms with van der Waals surface area (Å²) in [5, 5.41) is 5.75. The van der Waals surface area contributed by atoms with E-state index in [1.807, 2.05) is 25.1 Å². The highest BCUT2D eigenvalue weighted by Gasteiger charge is 2.04. The molecule has 2 N–H and O–H groups in total. The van der Waals surface area contributed by atoms with Crippen molar-refractivity contribution in [1.82, 2.24) is 5.32 Å². The van der Waals surface area contributed by atoms with Crippen molar-refractivity contribution in [1.29, 1.82) is 0 Å². The van der Waals surface area contributed by atoms with Gasteiger partial charge in [0, 0.05) is 11.0 Å². The summed E-state index contributed by atoms with van der Waals surface area (Å²) >= 11 is 3.41. The molecule has 0 radical (unpaired) electrons. The van der Waals surface area contributed by atoms with Crippen molar-refractivity contribution >= 4 is 27.5 Å². The lowest BCUT2D eigenvalue weighted by Gasteiger charge is -2.08. The smallest absolute Gasteiger partial charge is 0.238 e. The molecule has 0 saturated heterocycles. The van der Waals surface area contributed by atoms with Crippen molar-refractivity contribution in [3.05, 3.63) is 40.9 Å². The van der Waals surface area contributed by atoms with E-state index in [2.05, 4.69) is 33.1 Å². The number of rotatable bonds is 5. The number of hydrogen-bond acceptors (Lipinski definition) is 2. The molecule has 4 heteroatoms. The Hall–Kier alpha value is -1.13. The predicted molar refractivity (Wildman–Crippen MR) is 70.6 cm³/mol. The van der Waals surface area contributed by atoms with Crippen LogP contribution in [-0.2, 0) is 4.79 Å². The van der Waals surface area contributed by atoms with Crippen molar-refractivity contribution < 1.29 is 4.79 Å². The van der Waals surface area contributed by atoms with Gasteiger partial charge in [0.15, 0.2) is 0 Å². The standard InChI is InChI=1S/C12H15BrN2O/c1-3-6-14-8-12(16)15-11-5-4-9(2)7-10(11)13/h3-5,7,14H,1,6,8H2,2H3,(H,15,16). The summed E-state index contributed by atoms with van der Waals surface area (Å²) in [4.78, 5) is 11.5. The van der Waals surface area contributed by atoms with Gasteiger partial charge in [-0.1, -0.05) is 12.1 Å². The van der Waals surface area contributed by atoms with Crippen LogP contribution >= 0.6 is 15.9 Å². The molecule has 1 aromatic carbocycles. The van der Waals surface area contributed by atoms with Crippen LogP contribution < -0.4 is 10.6 Å². The Balaban J connectivity index is 2.52. The molecular weight excluding hydrogens is 268 g/mol. The van der Waals surface area contributed by atoms with Crippen LogP contribution in [0.25, 0.3) is 0 Å². The van der Waals surface area contributed by atoms with Gasteiger partial charge < -0.3 is 10.6 Å². The predicted octanol–water partition coefficient (Wildman–Crippen LogP) is 2.47. The van der Waals surface area contributed by atoms with E-state index >= 15 is 0 Å². The molecule has 0 spiro atoms. The highest BCUT2D eigenvalue weighted by Crippen LogP contribution is 2.22. The van der Waals surface area contributed by atoms with Crippen LogP contribution in [0.1, 0.15) is 5.56 Å². The molecule has 0 aliphatic heterocycles. The van der Waals surface area contributed by atoms with Gasteiger partial charge in [0.25, 0.3) is 0 Å². The number of amides is 1. The summed E-state index contributed by atoms with van der Waals surface area (Å²) in [6.45, 7) is 6.48. The lowest BCUT2D eigenvalue weighted by Crippen LogP contribution is -2.28. The molecule has 0 fully saturated rings. The molecule has 1 rings (SSSR count). The molecule has 0 bridgehead atoms. The first-order chi connectivity index (χ1) is 7.63. The van der Waals surface area contributed by atoms with E-state index in [0.717, 1.165) is 15.7 Å². The average Bonchev–Trinajstić information content (AvgIpc) is 2.23. The molecule has 0 aliphatic carbocycles. The SMILES string of the molecule is C=CCNCC(=O)Nc1ccc(C)cc1Br. The molecule has 0 atom stereocenters. The van der Waals surface area contributed by atoms with Crippen molar-refractivity contribution in [3.63, 3.8) is 0 Å². The number of aryl methyl sites for hydroxylation is 1. The monoisotopic (exact) mass is 282 g/mol. The molecule has 3 nitrogen and oxygen atoms in total. The number of anilines is 1. The first-order valence-electron chi connectivity index (χ1n) is 5.01. The molecule has 0 heterocycles. The minimum Gasteiger partial charge on any atom is -0.324 e. The summed E-state index contributed by atoms with van der Waals surface area (Å²) in [7, 11) is 0. The van der Waals surface area contributed by atoms with E-state index in [1.165, 1.54) is 0 Å². The van der Waals surface area contributed by atoms with Gasteiger partial charge in [-0.25, -0.2) is 0 Å². The van der Waals surface area contributed by atoms with E-state index in [9.17, 15) is 4.79 Å². The second-order valence-electron chi connectivity index (χ2n) is 3.45. The Morgan fingerprint density at radius 3 is 2.94 bits per heavy atom. The molecule has 1 amide bonds. The van der Waals surface area contributed by atoms with Crippen molar-refractivity contribution in [3.8, 4) is 0 Å². The topological polar surface area (TPSA) is 41.1 Å². The first-order valence-corrected chi connectivity index (χ1v) is 5.80. The molecule has 0 unspecified atom stereocenters. The van der Waals surface area contributed by atoms with E-state index in [0.29, 0.717) is 6.54 Å². The van der Waals surface area contributed by atoms with Crippen molar-refractivity contribution in [2.75, 3.05) is 18.4 Å². The lowest BCUT2D eigenvalue weighted by molar-refractivity contribution is -0.115. The van der Waals surface area contributed by atoms with Crippen LogP contribution in [0.2, 0.25) is 0 Å². The van der Waals surface area contributed by atoms with Crippen LogP contribution in [0, 0.1) is 6.92 Å². The number of carbonyl (C=O) groups is 1. The molecule has 16 heavy (non-hydrogen) atoms. The van der Waals surface area contributed by atoms with Crippen molar-refractivity contribution in [2.24, 2.45) is 0 Å². The van der Waals surface area contributed by atoms with Gasteiger partial charge in [-0.3, -0.25) is 4.79 Å². The molecule has 0 saturated carbocycles. The molecule has 1 aromatic rings. The third-order valence-electron chi connectivity index (χ3n) is 1.97. The van der Waals surface area contributed by atoms with Crippen LogP contribution in [0.5, 0.6) is 0 Å². The molecule has 0 aliphatic rings. The van der Waals surface area contributed by atoms with Crippen LogP contribution in [0.4, 0.5) is 5.69 Å². The van der Waals surface area contributed by atoms with Gasteiger partial charge in [-0.05, 0) is 40.5 Å². The number of hydrogen-bond donors (Lipinski definition) is 2. The Kier molecular flexibility index (Phi) is 5.22. The summed E-state index contributed by atoms with van der Waals surface area (Å²) < 4.78 is 0.893. The zero-order chi connectivity index (χ0) is 12.0. The fraction of sp³-hybridized carbons (Fsp3) is 0.250. The van der Waals surface area contributed by atoms with Crippen LogP contribution in [0.15, 0.2) is 35.3 Å². The van der Waals surface area contributed by atoms with E-state index < -0.39 is 0 Å². The highest BCUT2D eigenvalue weighted by atomic mass is 79.9. The normalized spacial score (nSPS) is 9.88. The van der Waals surface area contributed by atoms with Gasteiger partial charge in [0.1, 0.15) is 0 Å². The largest absolute Gasteiger partial charge is 0.324 e. The maximum absolute atomic E-state index is 11.5. The third-order valence-corrected chi connectivity index (χ3v) is 2.63. The summed E-state index contributed by atoms with van der Waals surface area (Å²) in [5.74, 6) is -0.0635. The minimum absolute atomic E-state index is 0.0635. The van der Waals surface area contributed by atoms with Gasteiger partial charge in [0.2, 0.25) is 5.91 Å². The van der Waals surface area contributed by atoms with E-state index in [1.54, 1.807) is 6.08 Å². The molecule has 0 aromatic heterocycles. The zero-order valence-corrected chi connectivity index (χ0v) is 10.8. The summed E-state index contributed by atoms with van der Waals surface area (Å²) in [6.07, 6.45) is 1.72. The van der Waals surface area contributed by atoms with Gasteiger partial charge in [-0.2, -0.15) is 0 Å². The molecule has 86 valence electrons. The Morgan fingerprint density at radius 2 is 2.31 bits per heavy atom. The summed E-state index contributed by atoms with van der Waals surface area (Å²) in [5.41, 5.74) is 1.94. The maximum Gasteiger partial charge on any atom is 0.238 e. The lowest BCUT2D eigenvalue weighted by atomic mass is 10.2. The number of carbonyl (C=O) groups excluding carboxylic acids is 1. The van der Waals surface area contributed by atoms with Gasteiger partial charge >= 0.3 is 0 Å². The third kappa shape index (κ3) is 4.16. The van der Waals surface area contributed by atoms with Gasteiger partial charge in [0.05, 0.1) is 12.2 Å². The fourth-order valence-corrected chi connectivity index (χ4v) is 1.80. The number of benzene rings is 1. The Morgan fingerprint density at radius 1 is 1.56 bits per heavy atom. The Labute approximate surface area is 104 Å². The van der Waals surface area contributed by atoms with E-state index in [-0.39, 0.29) is 12.5 Å². The second-order valence-corrected chi connectivity index (χ2v) is 4.31. The summed E-state index contributed by atoms with van der Waals surface area (Å²) in [6, 6.07) is 5.80. The van der Waals surface area contributed by atoms with E-state index in [4.69, 9.17) is 0 Å².